The smallest absolute Gasteiger partial charge is 0.420 e. The van der Waals surface area contributed by atoms with Gasteiger partial charge in [-0.2, -0.15) is 18.4 Å². The summed E-state index contributed by atoms with van der Waals surface area (Å²) in [6.07, 6.45) is -3.92. The molecule has 1 aromatic heterocycles. The van der Waals surface area contributed by atoms with E-state index in [0.717, 1.165) is 18.3 Å². The Kier molecular flexibility index (Phi) is 3.87. The number of hydrogen-bond donors (Lipinski definition) is 1. The molecule has 0 saturated carbocycles. The number of nitrogens with zero attached hydrogens (tertiary/aromatic N) is 2. The molecule has 1 aromatic carbocycles. The van der Waals surface area contributed by atoms with Crippen molar-refractivity contribution in [1.29, 1.82) is 5.26 Å². The number of nitrogens with one attached hydrogen (secondary N) is 1. The van der Waals surface area contributed by atoms with Crippen LogP contribution in [0.1, 0.15) is 11.1 Å². The molecule has 0 bridgehead atoms. The Hall–Kier alpha value is -3.26. The second-order valence-electron chi connectivity index (χ2n) is 4.09. The van der Waals surface area contributed by atoms with E-state index in [1.54, 1.807) is 6.07 Å². The number of rotatable bonds is 2. The molecule has 2 aromatic rings. The fraction of sp³-hybridized carbons (Fsp3) is 0.0714. The SMILES string of the molecule is [C-]#[N+]c1cc(C#N)cc(Oc2c(C(F)(F)F)cc[nH]c2=O)c1. The highest BCUT2D eigenvalue weighted by Crippen LogP contribution is 2.36. The third-order valence-electron chi connectivity index (χ3n) is 2.59. The number of halogens is 3. The van der Waals surface area contributed by atoms with Gasteiger partial charge in [0.25, 0.3) is 5.56 Å². The van der Waals surface area contributed by atoms with Gasteiger partial charge in [0.2, 0.25) is 5.75 Å². The highest BCUT2D eigenvalue weighted by Gasteiger charge is 2.36. The molecule has 0 radical (unpaired) electrons. The van der Waals surface area contributed by atoms with Crippen LogP contribution < -0.4 is 10.3 Å². The van der Waals surface area contributed by atoms with Crippen molar-refractivity contribution in [2.24, 2.45) is 0 Å². The zero-order valence-corrected chi connectivity index (χ0v) is 10.7. The zero-order chi connectivity index (χ0) is 16.3. The van der Waals surface area contributed by atoms with Gasteiger partial charge in [-0.15, -0.1) is 0 Å². The molecule has 1 heterocycles. The van der Waals surface area contributed by atoms with Gasteiger partial charge >= 0.3 is 6.18 Å². The van der Waals surface area contributed by atoms with Crippen molar-refractivity contribution in [2.45, 2.75) is 6.18 Å². The number of alkyl halides is 3. The highest BCUT2D eigenvalue weighted by atomic mass is 19.4. The molecule has 2 rings (SSSR count). The fourth-order valence-corrected chi connectivity index (χ4v) is 1.68. The number of aromatic amines is 1. The molecule has 5 nitrogen and oxygen atoms in total. The van der Waals surface area contributed by atoms with Crippen LogP contribution in [0.5, 0.6) is 11.5 Å². The average Bonchev–Trinajstić information content (AvgIpc) is 2.47. The summed E-state index contributed by atoms with van der Waals surface area (Å²) in [4.78, 5) is 16.8. The van der Waals surface area contributed by atoms with E-state index in [2.05, 4.69) is 9.83 Å². The maximum Gasteiger partial charge on any atom is 0.420 e. The average molecular weight is 305 g/mol. The van der Waals surface area contributed by atoms with Crippen molar-refractivity contribution < 1.29 is 17.9 Å². The molecule has 22 heavy (non-hydrogen) atoms. The first-order chi connectivity index (χ1) is 10.3. The van der Waals surface area contributed by atoms with Crippen LogP contribution in [0.2, 0.25) is 0 Å². The molecule has 0 unspecified atom stereocenters. The van der Waals surface area contributed by atoms with E-state index in [4.69, 9.17) is 16.6 Å². The predicted octanol–water partition coefficient (Wildman–Crippen LogP) is 3.61. The van der Waals surface area contributed by atoms with E-state index < -0.39 is 23.0 Å². The number of benzene rings is 1. The minimum Gasteiger partial charge on any atom is -0.452 e. The van der Waals surface area contributed by atoms with Gasteiger partial charge < -0.3 is 9.72 Å². The summed E-state index contributed by atoms with van der Waals surface area (Å²) < 4.78 is 43.7. The quantitative estimate of drug-likeness (QED) is 0.862. The topological polar surface area (TPSA) is 70.2 Å². The van der Waals surface area contributed by atoms with Gasteiger partial charge in [-0.05, 0) is 24.3 Å². The monoisotopic (exact) mass is 305 g/mol. The third-order valence-corrected chi connectivity index (χ3v) is 2.59. The van der Waals surface area contributed by atoms with E-state index in [-0.39, 0.29) is 17.0 Å². The summed E-state index contributed by atoms with van der Waals surface area (Å²) in [6, 6.07) is 5.95. The Bertz CT molecular complexity index is 825. The van der Waals surface area contributed by atoms with Crippen LogP contribution in [0, 0.1) is 17.9 Å². The number of nitriles is 1. The molecule has 0 saturated heterocycles. The molecule has 0 amide bonds. The molecule has 0 aliphatic rings. The maximum absolute atomic E-state index is 12.9. The van der Waals surface area contributed by atoms with Crippen LogP contribution >= 0.6 is 0 Å². The van der Waals surface area contributed by atoms with Crippen LogP contribution in [0.15, 0.2) is 35.3 Å². The van der Waals surface area contributed by atoms with Crippen LogP contribution in [-0.2, 0) is 6.18 Å². The van der Waals surface area contributed by atoms with Crippen molar-refractivity contribution >= 4 is 5.69 Å². The van der Waals surface area contributed by atoms with E-state index in [0.29, 0.717) is 6.07 Å². The Morgan fingerprint density at radius 3 is 2.64 bits per heavy atom. The van der Waals surface area contributed by atoms with E-state index in [1.807, 2.05) is 0 Å². The standard InChI is InChI=1S/C14H6F3N3O2/c1-19-9-4-8(7-18)5-10(6-9)22-12-11(14(15,16)17)2-3-20-13(12)21/h2-6H,(H,20,21). The number of hydrogen-bond acceptors (Lipinski definition) is 3. The molecule has 110 valence electrons. The molecule has 0 aliphatic heterocycles. The summed E-state index contributed by atoms with van der Waals surface area (Å²) in [7, 11) is 0. The Balaban J connectivity index is 2.56. The summed E-state index contributed by atoms with van der Waals surface area (Å²) >= 11 is 0. The molecule has 0 atom stereocenters. The lowest BCUT2D eigenvalue weighted by Gasteiger charge is -2.12. The molecule has 1 N–H and O–H groups in total. The molecule has 0 fully saturated rings. The number of aromatic nitrogens is 1. The van der Waals surface area contributed by atoms with Gasteiger partial charge in [0.15, 0.2) is 5.69 Å². The summed E-state index contributed by atoms with van der Waals surface area (Å²) in [5, 5.41) is 8.83. The largest absolute Gasteiger partial charge is 0.452 e. The fourth-order valence-electron chi connectivity index (χ4n) is 1.68. The van der Waals surface area contributed by atoms with Crippen LogP contribution in [-0.4, -0.2) is 4.98 Å². The molecule has 8 heteroatoms. The van der Waals surface area contributed by atoms with E-state index >= 15 is 0 Å². The summed E-state index contributed by atoms with van der Waals surface area (Å²) in [6.45, 7) is 6.89. The highest BCUT2D eigenvalue weighted by molar-refractivity contribution is 5.56. The predicted molar refractivity (Wildman–Crippen MR) is 69.6 cm³/mol. The number of ether oxygens (including phenoxy) is 1. The minimum atomic E-state index is -4.78. The van der Waals surface area contributed by atoms with E-state index in [9.17, 15) is 18.0 Å². The molecular weight excluding hydrogens is 299 g/mol. The lowest BCUT2D eigenvalue weighted by atomic mass is 10.2. The van der Waals surface area contributed by atoms with Gasteiger partial charge in [-0.1, -0.05) is 0 Å². The van der Waals surface area contributed by atoms with Crippen molar-refractivity contribution in [1.82, 2.24) is 4.98 Å². The van der Waals surface area contributed by atoms with Gasteiger partial charge in [0.1, 0.15) is 11.3 Å². The van der Waals surface area contributed by atoms with E-state index in [1.165, 1.54) is 6.07 Å². The lowest BCUT2D eigenvalue weighted by Crippen LogP contribution is -2.16. The Morgan fingerprint density at radius 2 is 2.05 bits per heavy atom. The Morgan fingerprint density at radius 1 is 1.32 bits per heavy atom. The van der Waals surface area contributed by atoms with Crippen LogP contribution in [0.25, 0.3) is 4.85 Å². The zero-order valence-electron chi connectivity index (χ0n) is 10.7. The van der Waals surface area contributed by atoms with Gasteiger partial charge in [-0.25, -0.2) is 4.85 Å². The van der Waals surface area contributed by atoms with Crippen LogP contribution in [0.3, 0.4) is 0 Å². The number of H-pyrrole nitrogens is 1. The molecule has 0 spiro atoms. The first kappa shape index (κ1) is 15.1. The lowest BCUT2D eigenvalue weighted by molar-refractivity contribution is -0.138. The van der Waals surface area contributed by atoms with Gasteiger partial charge in [0.05, 0.1) is 12.6 Å². The van der Waals surface area contributed by atoms with Gasteiger partial charge in [-0.3, -0.25) is 4.79 Å². The molecular formula is C14H6F3N3O2. The van der Waals surface area contributed by atoms with Crippen molar-refractivity contribution in [3.8, 4) is 17.6 Å². The first-order valence-electron chi connectivity index (χ1n) is 5.74. The van der Waals surface area contributed by atoms with Crippen molar-refractivity contribution in [2.75, 3.05) is 0 Å². The summed E-state index contributed by atoms with van der Waals surface area (Å²) in [5.74, 6) is -1.15. The second-order valence-corrected chi connectivity index (χ2v) is 4.09. The Labute approximate surface area is 122 Å². The number of pyridine rings is 1. The third kappa shape index (κ3) is 3.07. The normalized spacial score (nSPS) is 10.6. The molecule has 0 aliphatic carbocycles. The first-order valence-corrected chi connectivity index (χ1v) is 5.74. The van der Waals surface area contributed by atoms with Crippen LogP contribution in [0.4, 0.5) is 18.9 Å². The summed E-state index contributed by atoms with van der Waals surface area (Å²) in [5.41, 5.74) is -2.27. The van der Waals surface area contributed by atoms with Gasteiger partial charge in [0, 0.05) is 11.8 Å². The van der Waals surface area contributed by atoms with Crippen molar-refractivity contribution in [3.63, 3.8) is 0 Å². The second kappa shape index (κ2) is 5.62. The maximum atomic E-state index is 12.9. The van der Waals surface area contributed by atoms with Crippen molar-refractivity contribution in [3.05, 3.63) is 63.4 Å². The minimum absolute atomic E-state index is 0.00923.